The number of thiophene rings is 1. The zero-order chi connectivity index (χ0) is 26.2. The molecule has 2 heterocycles. The van der Waals surface area contributed by atoms with Crippen LogP contribution in [0.15, 0.2) is 137 Å². The third-order valence-electron chi connectivity index (χ3n) is 8.32. The van der Waals surface area contributed by atoms with Gasteiger partial charge in [-0.3, -0.25) is 0 Å². The maximum Gasteiger partial charge on any atom is 0.143 e. The molecule has 1 nitrogen and oxygen atoms in total. The van der Waals surface area contributed by atoms with Crippen molar-refractivity contribution in [3.8, 4) is 22.3 Å². The molecule has 0 fully saturated rings. The van der Waals surface area contributed by atoms with Crippen molar-refractivity contribution in [3.05, 3.63) is 133 Å². The van der Waals surface area contributed by atoms with E-state index < -0.39 is 0 Å². The molecule has 0 unspecified atom stereocenters. The second kappa shape index (κ2) is 8.29. The predicted molar refractivity (Wildman–Crippen MR) is 172 cm³/mol. The quantitative estimate of drug-likeness (QED) is 0.204. The molecule has 0 aliphatic heterocycles. The average Bonchev–Trinajstić information content (AvgIpc) is 3.63. The first-order valence-electron chi connectivity index (χ1n) is 13.6. The lowest BCUT2D eigenvalue weighted by atomic mass is 9.84. The molecule has 2 aromatic heterocycles. The van der Waals surface area contributed by atoms with Gasteiger partial charge in [0.05, 0.1) is 0 Å². The first-order valence-corrected chi connectivity index (χ1v) is 14.5. The number of hydrogen-bond acceptors (Lipinski definition) is 2. The van der Waals surface area contributed by atoms with Gasteiger partial charge in [0.15, 0.2) is 0 Å². The van der Waals surface area contributed by atoms with Gasteiger partial charge in [-0.1, -0.05) is 103 Å². The molecular formula is C38H22OS. The average molecular weight is 527 g/mol. The number of furan rings is 1. The van der Waals surface area contributed by atoms with Crippen molar-refractivity contribution in [2.75, 3.05) is 0 Å². The molecular weight excluding hydrogens is 504 g/mol. The van der Waals surface area contributed by atoms with Crippen LogP contribution in [-0.2, 0) is 0 Å². The van der Waals surface area contributed by atoms with Crippen molar-refractivity contribution in [1.29, 1.82) is 0 Å². The fourth-order valence-electron chi connectivity index (χ4n) is 6.59. The standard InChI is InChI=1S/C38H22OS/c1-2-10-24-21-25(18-17-23(24)9-1)35-27-12-3-5-14-29(27)36(30-15-6-4-13-28(30)35)37-31-19-20-40-34(31)22-32-26-11-7-8-16-33(26)39-38(32)37/h1-22H. The summed E-state index contributed by atoms with van der Waals surface area (Å²) in [6.07, 6.45) is 0. The minimum atomic E-state index is 0.929. The summed E-state index contributed by atoms with van der Waals surface area (Å²) in [7, 11) is 0. The molecule has 0 saturated heterocycles. The van der Waals surface area contributed by atoms with Crippen LogP contribution in [0.1, 0.15) is 0 Å². The highest BCUT2D eigenvalue weighted by Crippen LogP contribution is 2.49. The smallest absolute Gasteiger partial charge is 0.143 e. The van der Waals surface area contributed by atoms with Crippen LogP contribution in [0, 0.1) is 0 Å². The molecule has 9 rings (SSSR count). The molecule has 0 atom stereocenters. The summed E-state index contributed by atoms with van der Waals surface area (Å²) < 4.78 is 7.96. The first-order chi connectivity index (χ1) is 19.8. The predicted octanol–water partition coefficient (Wildman–Crippen LogP) is 11.6. The molecule has 186 valence electrons. The van der Waals surface area contributed by atoms with E-state index in [1.165, 1.54) is 70.0 Å². The highest BCUT2D eigenvalue weighted by Gasteiger charge is 2.23. The molecule has 9 aromatic rings. The Balaban J connectivity index is 1.49. The molecule has 0 aliphatic carbocycles. The second-order valence-corrected chi connectivity index (χ2v) is 11.4. The minimum Gasteiger partial charge on any atom is -0.455 e. The van der Waals surface area contributed by atoms with Crippen molar-refractivity contribution in [1.82, 2.24) is 0 Å². The van der Waals surface area contributed by atoms with Crippen LogP contribution in [-0.4, -0.2) is 0 Å². The van der Waals surface area contributed by atoms with Gasteiger partial charge in [0.1, 0.15) is 11.2 Å². The van der Waals surface area contributed by atoms with E-state index in [0.29, 0.717) is 0 Å². The summed E-state index contributed by atoms with van der Waals surface area (Å²) in [5.41, 5.74) is 6.82. The third-order valence-corrected chi connectivity index (χ3v) is 9.18. The van der Waals surface area contributed by atoms with Crippen LogP contribution in [0.25, 0.3) is 86.6 Å². The summed E-state index contributed by atoms with van der Waals surface area (Å²) in [5.74, 6) is 0. The summed E-state index contributed by atoms with van der Waals surface area (Å²) in [4.78, 5) is 0. The topological polar surface area (TPSA) is 13.1 Å². The molecule has 0 spiro atoms. The Kier molecular flexibility index (Phi) is 4.55. The van der Waals surface area contributed by atoms with Gasteiger partial charge in [-0.25, -0.2) is 0 Å². The van der Waals surface area contributed by atoms with Gasteiger partial charge in [-0.05, 0) is 73.1 Å². The van der Waals surface area contributed by atoms with E-state index in [1.807, 2.05) is 0 Å². The lowest BCUT2D eigenvalue weighted by Gasteiger charge is -2.18. The largest absolute Gasteiger partial charge is 0.455 e. The van der Waals surface area contributed by atoms with Crippen molar-refractivity contribution in [3.63, 3.8) is 0 Å². The molecule has 0 saturated carbocycles. The van der Waals surface area contributed by atoms with Crippen LogP contribution in [0.4, 0.5) is 0 Å². The van der Waals surface area contributed by atoms with Crippen molar-refractivity contribution < 1.29 is 4.42 Å². The number of fused-ring (bicyclic) bond motifs is 7. The summed E-state index contributed by atoms with van der Waals surface area (Å²) >= 11 is 1.79. The Labute approximate surface area is 234 Å². The number of rotatable bonds is 2. The summed E-state index contributed by atoms with van der Waals surface area (Å²) in [6, 6.07) is 46.2. The van der Waals surface area contributed by atoms with E-state index in [-0.39, 0.29) is 0 Å². The molecule has 7 aromatic carbocycles. The maximum absolute atomic E-state index is 6.68. The molecule has 0 N–H and O–H groups in total. The zero-order valence-electron chi connectivity index (χ0n) is 21.5. The second-order valence-electron chi connectivity index (χ2n) is 10.5. The maximum atomic E-state index is 6.68. The van der Waals surface area contributed by atoms with Crippen LogP contribution in [0.3, 0.4) is 0 Å². The molecule has 40 heavy (non-hydrogen) atoms. The van der Waals surface area contributed by atoms with Crippen LogP contribution < -0.4 is 0 Å². The monoisotopic (exact) mass is 526 g/mol. The molecule has 0 bridgehead atoms. The van der Waals surface area contributed by atoms with E-state index in [1.54, 1.807) is 11.3 Å². The van der Waals surface area contributed by atoms with E-state index in [4.69, 9.17) is 4.42 Å². The van der Waals surface area contributed by atoms with Crippen molar-refractivity contribution >= 4 is 75.7 Å². The van der Waals surface area contributed by atoms with E-state index in [0.717, 1.165) is 16.6 Å². The normalized spacial score (nSPS) is 12.0. The fraction of sp³-hybridized carbons (Fsp3) is 0. The molecule has 0 aliphatic rings. The van der Waals surface area contributed by atoms with Gasteiger partial charge in [0, 0.05) is 32.0 Å². The SMILES string of the molecule is c1ccc2cc(-c3c4ccccc4c(-c4c5ccsc5cc5c4oc4ccccc45)c4ccccc34)ccc2c1. The Morgan fingerprint density at radius 1 is 0.425 bits per heavy atom. The highest BCUT2D eigenvalue weighted by atomic mass is 32.1. The number of benzene rings is 7. The number of para-hydroxylation sites is 1. The Hall–Kier alpha value is -4.92. The Bertz CT molecular complexity index is 2380. The fourth-order valence-corrected chi connectivity index (χ4v) is 7.42. The number of hydrogen-bond donors (Lipinski definition) is 0. The van der Waals surface area contributed by atoms with Crippen LogP contribution in [0.2, 0.25) is 0 Å². The molecule has 0 radical (unpaired) electrons. The van der Waals surface area contributed by atoms with Gasteiger partial charge in [-0.15, -0.1) is 11.3 Å². The third kappa shape index (κ3) is 3.03. The van der Waals surface area contributed by atoms with Crippen LogP contribution >= 0.6 is 11.3 Å². The lowest BCUT2D eigenvalue weighted by Crippen LogP contribution is -1.91. The first kappa shape index (κ1) is 22.0. The lowest BCUT2D eigenvalue weighted by molar-refractivity contribution is 0.670. The Morgan fingerprint density at radius 3 is 1.80 bits per heavy atom. The minimum absolute atomic E-state index is 0.929. The zero-order valence-corrected chi connectivity index (χ0v) is 22.3. The summed E-state index contributed by atoms with van der Waals surface area (Å²) in [5, 5.41) is 13.3. The molecule has 2 heteroatoms. The van der Waals surface area contributed by atoms with E-state index >= 15 is 0 Å². The van der Waals surface area contributed by atoms with E-state index in [2.05, 4.69) is 133 Å². The van der Waals surface area contributed by atoms with Gasteiger partial charge < -0.3 is 4.42 Å². The van der Waals surface area contributed by atoms with E-state index in [9.17, 15) is 0 Å². The Morgan fingerprint density at radius 2 is 1.05 bits per heavy atom. The van der Waals surface area contributed by atoms with Gasteiger partial charge in [-0.2, -0.15) is 0 Å². The van der Waals surface area contributed by atoms with Gasteiger partial charge in [0.2, 0.25) is 0 Å². The summed E-state index contributed by atoms with van der Waals surface area (Å²) in [6.45, 7) is 0. The van der Waals surface area contributed by atoms with Gasteiger partial charge >= 0.3 is 0 Å². The molecule has 0 amide bonds. The van der Waals surface area contributed by atoms with Crippen molar-refractivity contribution in [2.45, 2.75) is 0 Å². The van der Waals surface area contributed by atoms with Crippen LogP contribution in [0.5, 0.6) is 0 Å². The van der Waals surface area contributed by atoms with Gasteiger partial charge in [0.25, 0.3) is 0 Å². The van der Waals surface area contributed by atoms with Crippen molar-refractivity contribution in [2.24, 2.45) is 0 Å². The highest BCUT2D eigenvalue weighted by molar-refractivity contribution is 7.17.